The van der Waals surface area contributed by atoms with Gasteiger partial charge in [-0.15, -0.1) is 0 Å². The van der Waals surface area contributed by atoms with Crippen molar-refractivity contribution in [2.75, 3.05) is 38.2 Å². The molecule has 32 heavy (non-hydrogen) atoms. The Morgan fingerprint density at radius 2 is 1.66 bits per heavy atom. The molecular formula is C27H34N4O. The second kappa shape index (κ2) is 10.7. The fourth-order valence-corrected chi connectivity index (χ4v) is 4.51. The average molecular weight is 431 g/mol. The second-order valence-corrected chi connectivity index (χ2v) is 8.70. The highest BCUT2D eigenvalue weighted by Gasteiger charge is 2.27. The number of nitrogens with zero attached hydrogens (tertiary/aromatic N) is 4. The maximum Gasteiger partial charge on any atom is 0.0547 e. The van der Waals surface area contributed by atoms with Crippen molar-refractivity contribution in [1.29, 1.82) is 0 Å². The highest BCUT2D eigenvalue weighted by molar-refractivity contribution is 5.62. The standard InChI is InChI=1S/C27H34N4O/c1-22-7-6-8-24(28-22)20-31-17-16-30(21-27(31)15-18-32)19-23-11-13-26(14-12-23)29(2)25-9-4-3-5-10-25/h3-14,27,32H,15-21H2,1-2H3. The van der Waals surface area contributed by atoms with Crippen molar-refractivity contribution in [3.63, 3.8) is 0 Å². The van der Waals surface area contributed by atoms with Gasteiger partial charge in [0.1, 0.15) is 0 Å². The lowest BCUT2D eigenvalue weighted by molar-refractivity contribution is 0.0491. The summed E-state index contributed by atoms with van der Waals surface area (Å²) in [6, 6.07) is 25.9. The van der Waals surface area contributed by atoms with Crippen molar-refractivity contribution in [3.8, 4) is 0 Å². The van der Waals surface area contributed by atoms with E-state index in [0.29, 0.717) is 6.04 Å². The van der Waals surface area contributed by atoms with Gasteiger partial charge in [0, 0.05) is 69.5 Å². The van der Waals surface area contributed by atoms with E-state index in [0.717, 1.165) is 50.5 Å². The van der Waals surface area contributed by atoms with Crippen LogP contribution in [0, 0.1) is 6.92 Å². The van der Waals surface area contributed by atoms with E-state index in [1.54, 1.807) is 0 Å². The van der Waals surface area contributed by atoms with E-state index in [1.165, 1.54) is 16.9 Å². The van der Waals surface area contributed by atoms with E-state index in [1.807, 2.05) is 19.1 Å². The Labute approximate surface area is 191 Å². The van der Waals surface area contributed by atoms with Gasteiger partial charge in [0.05, 0.1) is 5.69 Å². The Bertz CT molecular complexity index is 976. The van der Waals surface area contributed by atoms with E-state index in [9.17, 15) is 5.11 Å². The van der Waals surface area contributed by atoms with E-state index in [-0.39, 0.29) is 6.61 Å². The topological polar surface area (TPSA) is 42.8 Å². The number of aliphatic hydroxyl groups is 1. The molecule has 168 valence electrons. The summed E-state index contributed by atoms with van der Waals surface area (Å²) in [5.74, 6) is 0. The number of para-hydroxylation sites is 1. The molecular weight excluding hydrogens is 396 g/mol. The van der Waals surface area contributed by atoms with Crippen molar-refractivity contribution in [1.82, 2.24) is 14.8 Å². The van der Waals surface area contributed by atoms with Crippen LogP contribution in [0.3, 0.4) is 0 Å². The quantitative estimate of drug-likeness (QED) is 0.579. The minimum Gasteiger partial charge on any atom is -0.396 e. The highest BCUT2D eigenvalue weighted by atomic mass is 16.3. The Morgan fingerprint density at radius 1 is 0.906 bits per heavy atom. The smallest absolute Gasteiger partial charge is 0.0547 e. The van der Waals surface area contributed by atoms with Crippen LogP contribution in [0.15, 0.2) is 72.8 Å². The summed E-state index contributed by atoms with van der Waals surface area (Å²) in [6.07, 6.45) is 0.795. The molecule has 0 spiro atoms. The molecule has 1 saturated heterocycles. The zero-order chi connectivity index (χ0) is 22.3. The molecule has 1 aromatic heterocycles. The van der Waals surface area contributed by atoms with Crippen LogP contribution >= 0.6 is 0 Å². The minimum atomic E-state index is 0.219. The monoisotopic (exact) mass is 430 g/mol. The van der Waals surface area contributed by atoms with Gasteiger partial charge in [-0.05, 0) is 55.3 Å². The zero-order valence-corrected chi connectivity index (χ0v) is 19.2. The normalized spacial score (nSPS) is 17.4. The molecule has 4 rings (SSSR count). The Kier molecular flexibility index (Phi) is 7.53. The second-order valence-electron chi connectivity index (χ2n) is 8.70. The number of benzene rings is 2. The molecule has 1 atom stereocenters. The number of hydrogen-bond donors (Lipinski definition) is 1. The van der Waals surface area contributed by atoms with Gasteiger partial charge in [-0.3, -0.25) is 14.8 Å². The zero-order valence-electron chi connectivity index (χ0n) is 19.2. The molecule has 5 nitrogen and oxygen atoms in total. The number of aryl methyl sites for hydroxylation is 1. The summed E-state index contributed by atoms with van der Waals surface area (Å²) in [7, 11) is 2.10. The fraction of sp³-hybridized carbons (Fsp3) is 0.370. The van der Waals surface area contributed by atoms with Gasteiger partial charge in [0.25, 0.3) is 0 Å². The third-order valence-corrected chi connectivity index (χ3v) is 6.34. The van der Waals surface area contributed by atoms with Gasteiger partial charge >= 0.3 is 0 Å². The number of piperazine rings is 1. The molecule has 0 bridgehead atoms. The van der Waals surface area contributed by atoms with Crippen LogP contribution < -0.4 is 4.90 Å². The van der Waals surface area contributed by atoms with Crippen molar-refractivity contribution in [2.24, 2.45) is 0 Å². The van der Waals surface area contributed by atoms with Gasteiger partial charge in [0.2, 0.25) is 0 Å². The lowest BCUT2D eigenvalue weighted by Gasteiger charge is -2.41. The lowest BCUT2D eigenvalue weighted by Crippen LogP contribution is -2.52. The largest absolute Gasteiger partial charge is 0.396 e. The Morgan fingerprint density at radius 3 is 2.38 bits per heavy atom. The van der Waals surface area contributed by atoms with Gasteiger partial charge in [0.15, 0.2) is 0 Å². The van der Waals surface area contributed by atoms with Gasteiger partial charge < -0.3 is 10.0 Å². The molecule has 1 unspecified atom stereocenters. The average Bonchev–Trinajstić information content (AvgIpc) is 2.82. The number of aliphatic hydroxyl groups excluding tert-OH is 1. The molecule has 1 fully saturated rings. The summed E-state index contributed by atoms with van der Waals surface area (Å²) >= 11 is 0. The van der Waals surface area contributed by atoms with Crippen molar-refractivity contribution in [2.45, 2.75) is 32.5 Å². The third-order valence-electron chi connectivity index (χ3n) is 6.34. The van der Waals surface area contributed by atoms with E-state index < -0.39 is 0 Å². The van der Waals surface area contributed by atoms with Crippen LogP contribution in [-0.2, 0) is 13.1 Å². The molecule has 2 heterocycles. The van der Waals surface area contributed by atoms with Crippen LogP contribution in [0.2, 0.25) is 0 Å². The van der Waals surface area contributed by atoms with Crippen LogP contribution in [0.25, 0.3) is 0 Å². The molecule has 1 aliphatic rings. The fourth-order valence-electron chi connectivity index (χ4n) is 4.51. The first-order valence-corrected chi connectivity index (χ1v) is 11.5. The van der Waals surface area contributed by atoms with Crippen molar-refractivity contribution >= 4 is 11.4 Å². The highest BCUT2D eigenvalue weighted by Crippen LogP contribution is 2.24. The van der Waals surface area contributed by atoms with Crippen LogP contribution in [0.1, 0.15) is 23.4 Å². The van der Waals surface area contributed by atoms with Crippen LogP contribution in [0.4, 0.5) is 11.4 Å². The minimum absolute atomic E-state index is 0.219. The molecule has 0 radical (unpaired) electrons. The third kappa shape index (κ3) is 5.74. The van der Waals surface area contributed by atoms with Crippen LogP contribution in [0.5, 0.6) is 0 Å². The summed E-state index contributed by atoms with van der Waals surface area (Å²) in [5.41, 5.74) is 5.87. The summed E-state index contributed by atoms with van der Waals surface area (Å²) < 4.78 is 0. The lowest BCUT2D eigenvalue weighted by atomic mass is 10.1. The predicted octanol–water partition coefficient (Wildman–Crippen LogP) is 4.23. The number of hydrogen-bond acceptors (Lipinski definition) is 5. The molecule has 0 saturated carbocycles. The van der Waals surface area contributed by atoms with Gasteiger partial charge in [-0.25, -0.2) is 0 Å². The SMILES string of the molecule is Cc1cccc(CN2CCN(Cc3ccc(N(C)c4ccccc4)cc3)CC2CCO)n1. The Balaban J connectivity index is 1.36. The summed E-state index contributed by atoms with van der Waals surface area (Å²) in [5, 5.41) is 9.63. The molecule has 3 aromatic rings. The molecule has 2 aromatic carbocycles. The van der Waals surface area contributed by atoms with E-state index in [2.05, 4.69) is 87.4 Å². The molecule has 1 N–H and O–H groups in total. The first-order chi connectivity index (χ1) is 15.6. The Hall–Kier alpha value is -2.73. The first-order valence-electron chi connectivity index (χ1n) is 11.5. The predicted molar refractivity (Wildman–Crippen MR) is 131 cm³/mol. The summed E-state index contributed by atoms with van der Waals surface area (Å²) in [6.45, 7) is 7.04. The number of rotatable bonds is 8. The van der Waals surface area contributed by atoms with Crippen molar-refractivity contribution in [3.05, 3.63) is 89.7 Å². The summed E-state index contributed by atoms with van der Waals surface area (Å²) in [4.78, 5) is 11.9. The number of aromatic nitrogens is 1. The molecule has 5 heteroatoms. The maximum absolute atomic E-state index is 9.63. The first kappa shape index (κ1) is 22.5. The van der Waals surface area contributed by atoms with Gasteiger partial charge in [-0.1, -0.05) is 36.4 Å². The molecule has 1 aliphatic heterocycles. The van der Waals surface area contributed by atoms with Crippen LogP contribution in [-0.4, -0.2) is 59.2 Å². The van der Waals surface area contributed by atoms with E-state index in [4.69, 9.17) is 0 Å². The number of pyridine rings is 1. The van der Waals surface area contributed by atoms with Crippen molar-refractivity contribution < 1.29 is 5.11 Å². The maximum atomic E-state index is 9.63. The molecule has 0 aliphatic carbocycles. The molecule has 0 amide bonds. The van der Waals surface area contributed by atoms with Gasteiger partial charge in [-0.2, -0.15) is 0 Å². The number of anilines is 2. The van der Waals surface area contributed by atoms with E-state index >= 15 is 0 Å².